The molecule has 0 saturated heterocycles. The lowest BCUT2D eigenvalue weighted by atomic mass is 10.1. The quantitative estimate of drug-likeness (QED) is 0.786. The number of anilines is 1. The van der Waals surface area contributed by atoms with Crippen LogP contribution in [-0.4, -0.2) is 28.7 Å². The molecule has 0 aliphatic rings. The highest BCUT2D eigenvalue weighted by Crippen LogP contribution is 2.17. The van der Waals surface area contributed by atoms with Gasteiger partial charge in [-0.25, -0.2) is 4.39 Å². The first-order valence-corrected chi connectivity index (χ1v) is 6.78. The predicted octanol–water partition coefficient (Wildman–Crippen LogP) is 0.825. The number of amides is 1. The van der Waals surface area contributed by atoms with Crippen molar-refractivity contribution in [3.63, 3.8) is 0 Å². The molecule has 1 unspecified atom stereocenters. The molecule has 1 aromatic rings. The van der Waals surface area contributed by atoms with Gasteiger partial charge >= 0.3 is 0 Å². The van der Waals surface area contributed by atoms with Gasteiger partial charge < -0.3 is 11.1 Å². The highest BCUT2D eigenvalue weighted by Gasteiger charge is 2.10. The van der Waals surface area contributed by atoms with Crippen LogP contribution >= 0.6 is 0 Å². The summed E-state index contributed by atoms with van der Waals surface area (Å²) in [6, 6.07) is 2.57. The van der Waals surface area contributed by atoms with Crippen molar-refractivity contribution in [2.45, 2.75) is 6.92 Å². The van der Waals surface area contributed by atoms with Gasteiger partial charge in [0.05, 0.1) is 0 Å². The fraction of sp³-hybridized carbons (Fsp3) is 0.364. The number of benzene rings is 1. The minimum Gasteiger partial charge on any atom is -0.398 e. The molecule has 0 aliphatic carbocycles. The number of halogens is 1. The molecule has 0 aliphatic heterocycles. The molecule has 1 amide bonds. The lowest BCUT2D eigenvalue weighted by Gasteiger charge is -2.07. The molecular weight excluding hydrogens is 243 g/mol. The van der Waals surface area contributed by atoms with Crippen LogP contribution in [0.4, 0.5) is 10.1 Å². The summed E-state index contributed by atoms with van der Waals surface area (Å²) in [5.74, 6) is -0.550. The van der Waals surface area contributed by atoms with Crippen molar-refractivity contribution in [1.29, 1.82) is 0 Å². The molecule has 1 rings (SSSR count). The van der Waals surface area contributed by atoms with E-state index in [9.17, 15) is 13.4 Å². The summed E-state index contributed by atoms with van der Waals surface area (Å²) in [6.45, 7) is 1.84. The van der Waals surface area contributed by atoms with Gasteiger partial charge in [-0.1, -0.05) is 0 Å². The number of nitrogens with two attached hydrogens (primary N) is 1. The van der Waals surface area contributed by atoms with E-state index < -0.39 is 22.5 Å². The summed E-state index contributed by atoms with van der Waals surface area (Å²) in [6.07, 6.45) is 1.55. The maximum atomic E-state index is 13.3. The Hall–Kier alpha value is -1.43. The van der Waals surface area contributed by atoms with Crippen LogP contribution < -0.4 is 11.1 Å². The molecule has 0 bridgehead atoms. The first-order chi connectivity index (χ1) is 7.91. The highest BCUT2D eigenvalue weighted by atomic mass is 32.2. The van der Waals surface area contributed by atoms with Gasteiger partial charge in [-0.2, -0.15) is 0 Å². The molecule has 0 fully saturated rings. The molecule has 17 heavy (non-hydrogen) atoms. The van der Waals surface area contributed by atoms with Crippen LogP contribution in [0.25, 0.3) is 0 Å². The average Bonchev–Trinajstić information content (AvgIpc) is 2.24. The number of carbonyl (C=O) groups excluding carboxylic acids is 1. The maximum Gasteiger partial charge on any atom is 0.251 e. The number of nitrogens with one attached hydrogen (secondary N) is 1. The van der Waals surface area contributed by atoms with Crippen LogP contribution in [0.5, 0.6) is 0 Å². The molecule has 0 spiro atoms. The zero-order valence-corrected chi connectivity index (χ0v) is 10.6. The smallest absolute Gasteiger partial charge is 0.251 e. The molecule has 1 aromatic carbocycles. The third-order valence-electron chi connectivity index (χ3n) is 2.32. The minimum absolute atomic E-state index is 0.174. The van der Waals surface area contributed by atoms with E-state index >= 15 is 0 Å². The van der Waals surface area contributed by atoms with Gasteiger partial charge in [-0.3, -0.25) is 9.00 Å². The second-order valence-electron chi connectivity index (χ2n) is 3.71. The molecule has 94 valence electrons. The Bertz CT molecular complexity index is 440. The SMILES string of the molecule is Cc1c(N)cc(C(=O)NCCS(C)=O)cc1F. The van der Waals surface area contributed by atoms with Crippen LogP contribution in [0.1, 0.15) is 15.9 Å². The van der Waals surface area contributed by atoms with Gasteiger partial charge in [-0.05, 0) is 19.1 Å². The van der Waals surface area contributed by atoms with E-state index in [2.05, 4.69) is 5.32 Å². The van der Waals surface area contributed by atoms with E-state index in [1.54, 1.807) is 13.2 Å². The summed E-state index contributed by atoms with van der Waals surface area (Å²) in [5, 5.41) is 2.55. The van der Waals surface area contributed by atoms with Crippen molar-refractivity contribution in [2.75, 3.05) is 24.3 Å². The zero-order chi connectivity index (χ0) is 13.0. The largest absolute Gasteiger partial charge is 0.398 e. The van der Waals surface area contributed by atoms with E-state index in [1.165, 1.54) is 6.07 Å². The van der Waals surface area contributed by atoms with Crippen LogP contribution in [0.2, 0.25) is 0 Å². The summed E-state index contributed by atoms with van der Waals surface area (Å²) < 4.78 is 24.1. The van der Waals surface area contributed by atoms with Crippen LogP contribution in [0.15, 0.2) is 12.1 Å². The van der Waals surface area contributed by atoms with Gasteiger partial charge in [0.15, 0.2) is 0 Å². The molecule has 1 atom stereocenters. The molecule has 4 nitrogen and oxygen atoms in total. The Kier molecular flexibility index (Phi) is 4.62. The zero-order valence-electron chi connectivity index (χ0n) is 9.75. The highest BCUT2D eigenvalue weighted by molar-refractivity contribution is 7.84. The van der Waals surface area contributed by atoms with Crippen molar-refractivity contribution >= 4 is 22.4 Å². The van der Waals surface area contributed by atoms with E-state index in [0.717, 1.165) is 6.07 Å². The second-order valence-corrected chi connectivity index (χ2v) is 5.26. The monoisotopic (exact) mass is 258 g/mol. The molecule has 0 heterocycles. The van der Waals surface area contributed by atoms with Gasteiger partial charge in [0, 0.05) is 46.2 Å². The second kappa shape index (κ2) is 5.77. The van der Waals surface area contributed by atoms with Gasteiger partial charge in [0.2, 0.25) is 0 Å². The first kappa shape index (κ1) is 13.6. The lowest BCUT2D eigenvalue weighted by molar-refractivity contribution is 0.0955. The number of rotatable bonds is 4. The Morgan fingerprint density at radius 1 is 1.53 bits per heavy atom. The fourth-order valence-corrected chi connectivity index (χ4v) is 1.63. The summed E-state index contributed by atoms with van der Waals surface area (Å²) >= 11 is 0. The number of hydrogen-bond donors (Lipinski definition) is 2. The Morgan fingerprint density at radius 3 is 2.71 bits per heavy atom. The first-order valence-electron chi connectivity index (χ1n) is 5.05. The third kappa shape index (κ3) is 3.81. The normalized spacial score (nSPS) is 12.2. The average molecular weight is 258 g/mol. The van der Waals surface area contributed by atoms with Crippen LogP contribution in [0, 0.1) is 12.7 Å². The molecule has 0 aromatic heterocycles. The number of hydrogen-bond acceptors (Lipinski definition) is 3. The topological polar surface area (TPSA) is 72.2 Å². The van der Waals surface area contributed by atoms with E-state index in [-0.39, 0.29) is 17.8 Å². The van der Waals surface area contributed by atoms with Gasteiger partial charge in [0.25, 0.3) is 5.91 Å². The third-order valence-corrected chi connectivity index (χ3v) is 3.10. The minimum atomic E-state index is -0.964. The molecule has 0 radical (unpaired) electrons. The molecule has 0 saturated carbocycles. The van der Waals surface area contributed by atoms with Crippen molar-refractivity contribution in [3.05, 3.63) is 29.1 Å². The standard InChI is InChI=1S/C11H15FN2O2S/c1-7-9(12)5-8(6-10(7)13)11(15)14-3-4-17(2)16/h5-6H,3-4,13H2,1-2H3,(H,14,15). The van der Waals surface area contributed by atoms with E-state index in [1.807, 2.05) is 0 Å². The molecular formula is C11H15FN2O2S. The number of nitrogen functional groups attached to an aromatic ring is 1. The van der Waals surface area contributed by atoms with E-state index in [0.29, 0.717) is 11.3 Å². The van der Waals surface area contributed by atoms with Crippen molar-refractivity contribution in [2.24, 2.45) is 0 Å². The Labute approximate surface area is 102 Å². The van der Waals surface area contributed by atoms with Crippen molar-refractivity contribution < 1.29 is 13.4 Å². The van der Waals surface area contributed by atoms with Crippen LogP contribution in [-0.2, 0) is 10.8 Å². The van der Waals surface area contributed by atoms with Crippen molar-refractivity contribution in [1.82, 2.24) is 5.32 Å². The lowest BCUT2D eigenvalue weighted by Crippen LogP contribution is -2.27. The number of carbonyl (C=O) groups is 1. The Balaban J connectivity index is 2.73. The van der Waals surface area contributed by atoms with Gasteiger partial charge in [0.1, 0.15) is 5.82 Å². The summed E-state index contributed by atoms with van der Waals surface area (Å²) in [4.78, 5) is 11.6. The van der Waals surface area contributed by atoms with E-state index in [4.69, 9.17) is 5.73 Å². The summed E-state index contributed by atoms with van der Waals surface area (Å²) in [7, 11) is -0.964. The molecule has 3 N–H and O–H groups in total. The van der Waals surface area contributed by atoms with Crippen LogP contribution in [0.3, 0.4) is 0 Å². The predicted molar refractivity (Wildman–Crippen MR) is 66.8 cm³/mol. The maximum absolute atomic E-state index is 13.3. The van der Waals surface area contributed by atoms with Crippen molar-refractivity contribution in [3.8, 4) is 0 Å². The summed E-state index contributed by atoms with van der Waals surface area (Å²) in [5.41, 5.74) is 6.32. The fourth-order valence-electron chi connectivity index (χ4n) is 1.24. The van der Waals surface area contributed by atoms with Gasteiger partial charge in [-0.15, -0.1) is 0 Å². The Morgan fingerprint density at radius 2 is 2.18 bits per heavy atom. The molecule has 6 heteroatoms.